The molecule has 5 rings (SSSR count). The Balaban J connectivity index is 1.20. The van der Waals surface area contributed by atoms with E-state index in [2.05, 4.69) is 9.71 Å². The molecule has 0 aliphatic carbocycles. The Morgan fingerprint density at radius 2 is 1.83 bits per heavy atom. The highest BCUT2D eigenvalue weighted by molar-refractivity contribution is 7.89. The molecule has 1 saturated heterocycles. The van der Waals surface area contributed by atoms with Crippen LogP contribution in [0.3, 0.4) is 0 Å². The second-order valence-corrected chi connectivity index (χ2v) is 11.7. The number of likely N-dealkylation sites (tertiary alicyclic amines) is 1. The first kappa shape index (κ1) is 24.4. The van der Waals surface area contributed by atoms with Gasteiger partial charge in [0.1, 0.15) is 12.5 Å². The largest absolute Gasteiger partial charge is 0.342 e. The van der Waals surface area contributed by atoms with Gasteiger partial charge in [0.05, 0.1) is 21.7 Å². The van der Waals surface area contributed by atoms with Crippen molar-refractivity contribution in [2.75, 3.05) is 19.6 Å². The zero-order valence-electron chi connectivity index (χ0n) is 19.8. The zero-order chi connectivity index (χ0) is 25.3. The van der Waals surface area contributed by atoms with Crippen molar-refractivity contribution in [1.29, 1.82) is 0 Å². The molecule has 36 heavy (non-hydrogen) atoms. The molecule has 1 amide bonds. The maximum absolute atomic E-state index is 12.7. The van der Waals surface area contributed by atoms with Crippen LogP contribution in [-0.2, 0) is 21.5 Å². The molecular formula is C25H27N5O4S2. The summed E-state index contributed by atoms with van der Waals surface area (Å²) >= 11 is 1.23. The van der Waals surface area contributed by atoms with Crippen LogP contribution in [0.4, 0.5) is 0 Å². The van der Waals surface area contributed by atoms with Crippen LogP contribution in [0.1, 0.15) is 30.1 Å². The van der Waals surface area contributed by atoms with Gasteiger partial charge < -0.3 is 9.47 Å². The van der Waals surface area contributed by atoms with Crippen LogP contribution in [0.2, 0.25) is 0 Å². The molecule has 3 heterocycles. The molecule has 0 spiro atoms. The third kappa shape index (κ3) is 4.99. The molecule has 1 fully saturated rings. The summed E-state index contributed by atoms with van der Waals surface area (Å²) in [7, 11) is -3.74. The Morgan fingerprint density at radius 1 is 1.11 bits per heavy atom. The van der Waals surface area contributed by atoms with E-state index in [9.17, 15) is 18.0 Å². The molecule has 4 aromatic rings. The molecular weight excluding hydrogens is 498 g/mol. The van der Waals surface area contributed by atoms with Crippen molar-refractivity contribution in [3.63, 3.8) is 0 Å². The number of imidazole rings is 1. The molecule has 9 nitrogen and oxygen atoms in total. The lowest BCUT2D eigenvalue weighted by Crippen LogP contribution is -2.44. The van der Waals surface area contributed by atoms with Gasteiger partial charge in [-0.2, -0.15) is 0 Å². The summed E-state index contributed by atoms with van der Waals surface area (Å²) in [4.78, 5) is 31.7. The maximum atomic E-state index is 12.7. The average Bonchev–Trinajstić information content (AvgIpc) is 3.47. The Hall–Kier alpha value is -3.28. The number of carbonyl (C=O) groups excluding carboxylic acids is 1. The van der Waals surface area contributed by atoms with Crippen molar-refractivity contribution in [2.24, 2.45) is 0 Å². The second kappa shape index (κ2) is 10.00. The number of nitrogens with one attached hydrogen (secondary N) is 1. The normalized spacial score (nSPS) is 15.0. The van der Waals surface area contributed by atoms with Crippen LogP contribution in [0.15, 0.2) is 70.6 Å². The van der Waals surface area contributed by atoms with Gasteiger partial charge in [-0.05, 0) is 44.0 Å². The third-order valence-corrected chi connectivity index (χ3v) is 8.95. The molecule has 188 valence electrons. The minimum Gasteiger partial charge on any atom is -0.342 e. The highest BCUT2D eigenvalue weighted by atomic mass is 32.2. The number of para-hydroxylation sites is 1. The first-order chi connectivity index (χ1) is 17.3. The number of hydrogen-bond acceptors (Lipinski definition) is 6. The molecule has 2 aromatic heterocycles. The summed E-state index contributed by atoms with van der Waals surface area (Å²) in [5.41, 5.74) is 1.87. The van der Waals surface area contributed by atoms with Crippen LogP contribution in [0.25, 0.3) is 10.2 Å². The lowest BCUT2D eigenvalue weighted by molar-refractivity contribution is -0.131. The van der Waals surface area contributed by atoms with Crippen molar-refractivity contribution in [3.05, 3.63) is 82.0 Å². The third-order valence-electron chi connectivity index (χ3n) is 6.57. The first-order valence-corrected chi connectivity index (χ1v) is 14.1. The molecule has 11 heteroatoms. The van der Waals surface area contributed by atoms with Gasteiger partial charge in [0.2, 0.25) is 15.9 Å². The number of thiazole rings is 1. The topological polar surface area (TPSA) is 106 Å². The minimum absolute atomic E-state index is 0.00986. The minimum atomic E-state index is -3.74. The van der Waals surface area contributed by atoms with Crippen LogP contribution < -0.4 is 9.60 Å². The van der Waals surface area contributed by atoms with Gasteiger partial charge >= 0.3 is 4.87 Å². The van der Waals surface area contributed by atoms with E-state index in [1.807, 2.05) is 42.0 Å². The van der Waals surface area contributed by atoms with E-state index in [4.69, 9.17) is 0 Å². The number of piperidine rings is 1. The summed E-state index contributed by atoms with van der Waals surface area (Å²) < 4.78 is 32.1. The number of aryl methyl sites for hydroxylation is 1. The fourth-order valence-electron chi connectivity index (χ4n) is 4.56. The molecule has 0 bridgehead atoms. The number of amides is 1. The first-order valence-electron chi connectivity index (χ1n) is 11.8. The standard InChI is InChI=1S/C25H27N5O4S2/c1-18-6-8-20(9-7-18)36(33,34)27-16-23(31)28-13-10-19(11-14-28)24-26-12-15-29(24)17-30-21-4-2-3-5-22(21)35-25(30)32/h2-9,12,15,19,27H,10-11,13-14,16-17H2,1H3. The molecule has 0 radical (unpaired) electrons. The van der Waals surface area contributed by atoms with Gasteiger partial charge in [0.25, 0.3) is 0 Å². The van der Waals surface area contributed by atoms with Crippen LogP contribution >= 0.6 is 11.3 Å². The van der Waals surface area contributed by atoms with Crippen molar-refractivity contribution in [1.82, 2.24) is 23.7 Å². The van der Waals surface area contributed by atoms with Crippen LogP contribution in [-0.4, -0.2) is 53.0 Å². The van der Waals surface area contributed by atoms with Crippen molar-refractivity contribution < 1.29 is 13.2 Å². The van der Waals surface area contributed by atoms with Gasteiger partial charge in [-0.25, -0.2) is 18.1 Å². The van der Waals surface area contributed by atoms with E-state index in [-0.39, 0.29) is 28.1 Å². The number of hydrogen-bond donors (Lipinski definition) is 1. The van der Waals surface area contributed by atoms with Gasteiger partial charge in [-0.15, -0.1) is 0 Å². The summed E-state index contributed by atoms with van der Waals surface area (Å²) in [5.74, 6) is 0.794. The van der Waals surface area contributed by atoms with Gasteiger partial charge in [0.15, 0.2) is 0 Å². The highest BCUT2D eigenvalue weighted by Gasteiger charge is 2.27. The molecule has 0 unspecified atom stereocenters. The maximum Gasteiger partial charge on any atom is 0.309 e. The second-order valence-electron chi connectivity index (χ2n) is 8.95. The van der Waals surface area contributed by atoms with Gasteiger partial charge in [-0.3, -0.25) is 14.2 Å². The number of aromatic nitrogens is 3. The Morgan fingerprint density at radius 3 is 2.58 bits per heavy atom. The monoisotopic (exact) mass is 525 g/mol. The Bertz CT molecular complexity index is 1550. The molecule has 1 aliphatic heterocycles. The summed E-state index contributed by atoms with van der Waals surface area (Å²) in [6.07, 6.45) is 5.05. The molecule has 1 aliphatic rings. The average molecular weight is 526 g/mol. The predicted molar refractivity (Wildman–Crippen MR) is 139 cm³/mol. The van der Waals surface area contributed by atoms with E-state index in [0.717, 1.165) is 21.6 Å². The van der Waals surface area contributed by atoms with E-state index >= 15 is 0 Å². The smallest absolute Gasteiger partial charge is 0.309 e. The number of benzene rings is 2. The lowest BCUT2D eigenvalue weighted by Gasteiger charge is -2.32. The molecule has 1 N–H and O–H groups in total. The number of fused-ring (bicyclic) bond motifs is 1. The van der Waals surface area contributed by atoms with E-state index < -0.39 is 10.0 Å². The van der Waals surface area contributed by atoms with E-state index in [1.165, 1.54) is 23.5 Å². The lowest BCUT2D eigenvalue weighted by atomic mass is 9.96. The number of rotatable bonds is 7. The van der Waals surface area contributed by atoms with E-state index in [1.54, 1.807) is 27.8 Å². The quantitative estimate of drug-likeness (QED) is 0.399. The zero-order valence-corrected chi connectivity index (χ0v) is 21.5. The predicted octanol–water partition coefficient (Wildman–Crippen LogP) is 2.76. The highest BCUT2D eigenvalue weighted by Crippen LogP contribution is 2.27. The van der Waals surface area contributed by atoms with Crippen molar-refractivity contribution in [3.8, 4) is 0 Å². The van der Waals surface area contributed by atoms with Gasteiger partial charge in [-0.1, -0.05) is 41.2 Å². The number of nitrogens with zero attached hydrogens (tertiary/aromatic N) is 4. The van der Waals surface area contributed by atoms with Crippen molar-refractivity contribution in [2.45, 2.75) is 37.2 Å². The number of carbonyl (C=O) groups is 1. The Kier molecular flexibility index (Phi) is 6.78. The van der Waals surface area contributed by atoms with E-state index in [0.29, 0.717) is 32.6 Å². The molecule has 2 aromatic carbocycles. The fraction of sp³-hybridized carbons (Fsp3) is 0.320. The summed E-state index contributed by atoms with van der Waals surface area (Å²) in [5, 5.41) is 0. The molecule has 0 saturated carbocycles. The summed E-state index contributed by atoms with van der Waals surface area (Å²) in [6, 6.07) is 14.2. The number of sulfonamides is 1. The van der Waals surface area contributed by atoms with Crippen molar-refractivity contribution >= 4 is 37.5 Å². The molecule has 0 atom stereocenters. The van der Waals surface area contributed by atoms with Crippen LogP contribution in [0, 0.1) is 6.92 Å². The fourth-order valence-corrected chi connectivity index (χ4v) is 6.42. The van der Waals surface area contributed by atoms with Crippen LogP contribution in [0.5, 0.6) is 0 Å². The SMILES string of the molecule is Cc1ccc(S(=O)(=O)NCC(=O)N2CCC(c3nccn3Cn3c(=O)sc4ccccc43)CC2)cc1. The van der Waals surface area contributed by atoms with Gasteiger partial charge in [0, 0.05) is 31.4 Å². The Labute approximate surface area is 213 Å². The summed E-state index contributed by atoms with van der Waals surface area (Å²) in [6.45, 7) is 3.03.